The fourth-order valence-electron chi connectivity index (χ4n) is 3.54. The molecule has 0 spiro atoms. The van der Waals surface area contributed by atoms with Gasteiger partial charge in [-0.2, -0.15) is 0 Å². The van der Waals surface area contributed by atoms with E-state index in [9.17, 15) is 9.59 Å². The Hall–Kier alpha value is -3.23. The lowest BCUT2D eigenvalue weighted by molar-refractivity contribution is 0.101. The van der Waals surface area contributed by atoms with Gasteiger partial charge in [0.2, 0.25) is 0 Å². The summed E-state index contributed by atoms with van der Waals surface area (Å²) < 4.78 is 2.21. The van der Waals surface area contributed by atoms with Crippen molar-refractivity contribution >= 4 is 40.5 Å². The summed E-state index contributed by atoms with van der Waals surface area (Å²) in [4.78, 5) is 26.3. The van der Waals surface area contributed by atoms with Gasteiger partial charge in [0.25, 0.3) is 5.91 Å². The zero-order chi connectivity index (χ0) is 22.6. The standard InChI is InChI=1S/C25H22N4O2S2/c30-22(17-8-10-19(11-9-17)26-24(31)18-5-2-1-3-6-18)16-33-25-28-27-23(29(25)20-12-13-20)15-21-7-4-14-32-21/h1-11,14,20H,12-13,15-16H2,(H,26,31). The van der Waals surface area contributed by atoms with Crippen LogP contribution in [0.5, 0.6) is 0 Å². The molecule has 1 amide bonds. The smallest absolute Gasteiger partial charge is 0.255 e. The van der Waals surface area contributed by atoms with E-state index in [4.69, 9.17) is 0 Å². The molecule has 0 atom stereocenters. The molecule has 1 aliphatic carbocycles. The summed E-state index contributed by atoms with van der Waals surface area (Å²) in [5.41, 5.74) is 1.85. The number of hydrogen-bond donors (Lipinski definition) is 1. The van der Waals surface area contributed by atoms with Crippen molar-refractivity contribution < 1.29 is 9.59 Å². The number of amides is 1. The first kappa shape index (κ1) is 21.6. The second-order valence-corrected chi connectivity index (χ2v) is 9.84. The lowest BCUT2D eigenvalue weighted by Gasteiger charge is -2.08. The summed E-state index contributed by atoms with van der Waals surface area (Å²) in [6, 6.07) is 20.6. The molecule has 2 aromatic heterocycles. The average Bonchev–Trinajstić information content (AvgIpc) is 3.40. The molecular weight excluding hydrogens is 452 g/mol. The monoisotopic (exact) mass is 474 g/mol. The van der Waals surface area contributed by atoms with Gasteiger partial charge in [-0.05, 0) is 60.7 Å². The maximum absolute atomic E-state index is 12.8. The Morgan fingerprint density at radius 2 is 1.76 bits per heavy atom. The van der Waals surface area contributed by atoms with Crippen LogP contribution in [-0.2, 0) is 6.42 Å². The zero-order valence-electron chi connectivity index (χ0n) is 17.8. The Morgan fingerprint density at radius 3 is 2.45 bits per heavy atom. The van der Waals surface area contributed by atoms with E-state index in [-0.39, 0.29) is 11.7 Å². The number of hydrogen-bond acceptors (Lipinski definition) is 6. The lowest BCUT2D eigenvalue weighted by Crippen LogP contribution is -2.12. The number of thiophene rings is 1. The molecule has 0 saturated heterocycles. The van der Waals surface area contributed by atoms with Gasteiger partial charge in [-0.3, -0.25) is 9.59 Å². The average molecular weight is 475 g/mol. The first-order valence-corrected chi connectivity index (χ1v) is 12.6. The summed E-state index contributed by atoms with van der Waals surface area (Å²) in [7, 11) is 0. The molecule has 2 aromatic carbocycles. The van der Waals surface area contributed by atoms with E-state index >= 15 is 0 Å². The van der Waals surface area contributed by atoms with Crippen molar-refractivity contribution in [2.24, 2.45) is 0 Å². The van der Waals surface area contributed by atoms with E-state index in [1.807, 2.05) is 24.3 Å². The number of carbonyl (C=O) groups excluding carboxylic acids is 2. The molecule has 166 valence electrons. The van der Waals surface area contributed by atoms with Crippen LogP contribution in [0.3, 0.4) is 0 Å². The molecule has 0 aliphatic heterocycles. The van der Waals surface area contributed by atoms with Crippen LogP contribution in [-0.4, -0.2) is 32.2 Å². The molecule has 1 N–H and O–H groups in total. The molecule has 1 aliphatic rings. The fraction of sp³-hybridized carbons (Fsp3) is 0.200. The molecule has 2 heterocycles. The Kier molecular flexibility index (Phi) is 6.37. The fourth-order valence-corrected chi connectivity index (χ4v) is 5.16. The maximum Gasteiger partial charge on any atom is 0.255 e. The molecule has 6 nitrogen and oxygen atoms in total. The van der Waals surface area contributed by atoms with Gasteiger partial charge in [0, 0.05) is 34.2 Å². The third-order valence-electron chi connectivity index (χ3n) is 5.39. The topological polar surface area (TPSA) is 76.9 Å². The summed E-state index contributed by atoms with van der Waals surface area (Å²) in [5.74, 6) is 1.10. The van der Waals surface area contributed by atoms with Crippen LogP contribution in [0.25, 0.3) is 0 Å². The number of aromatic nitrogens is 3. The summed E-state index contributed by atoms with van der Waals surface area (Å²) in [6.45, 7) is 0. The minimum atomic E-state index is -0.178. The van der Waals surface area contributed by atoms with Crippen molar-refractivity contribution in [3.8, 4) is 0 Å². The molecule has 1 saturated carbocycles. The SMILES string of the molecule is O=C(CSc1nnc(Cc2cccs2)n1C1CC1)c1ccc(NC(=O)c2ccccc2)cc1. The summed E-state index contributed by atoms with van der Waals surface area (Å²) in [6.07, 6.45) is 3.03. The van der Waals surface area contributed by atoms with Crippen molar-refractivity contribution in [1.82, 2.24) is 14.8 Å². The first-order chi connectivity index (χ1) is 16.2. The largest absolute Gasteiger partial charge is 0.322 e. The van der Waals surface area contributed by atoms with Crippen molar-refractivity contribution in [3.05, 3.63) is 93.9 Å². The van der Waals surface area contributed by atoms with E-state index in [0.29, 0.717) is 28.6 Å². The van der Waals surface area contributed by atoms with Gasteiger partial charge in [0.05, 0.1) is 5.75 Å². The van der Waals surface area contributed by atoms with Gasteiger partial charge in [-0.25, -0.2) is 0 Å². The summed E-state index contributed by atoms with van der Waals surface area (Å²) in [5, 5.41) is 14.5. The van der Waals surface area contributed by atoms with Crippen LogP contribution >= 0.6 is 23.1 Å². The third kappa shape index (κ3) is 5.23. The predicted molar refractivity (Wildman–Crippen MR) is 131 cm³/mol. The molecular formula is C25H22N4O2S2. The number of ketones is 1. The zero-order valence-corrected chi connectivity index (χ0v) is 19.4. The Morgan fingerprint density at radius 1 is 0.970 bits per heavy atom. The minimum Gasteiger partial charge on any atom is -0.322 e. The second-order valence-electron chi connectivity index (χ2n) is 7.87. The van der Waals surface area contributed by atoms with E-state index in [1.165, 1.54) is 16.6 Å². The number of rotatable bonds is 9. The number of Topliss-reactive ketones (excluding diaryl/α,β-unsaturated/α-hetero) is 1. The number of carbonyl (C=O) groups is 2. The van der Waals surface area contributed by atoms with E-state index < -0.39 is 0 Å². The van der Waals surface area contributed by atoms with Crippen molar-refractivity contribution in [2.75, 3.05) is 11.1 Å². The molecule has 0 radical (unpaired) electrons. The van der Waals surface area contributed by atoms with Gasteiger partial charge < -0.3 is 9.88 Å². The number of benzene rings is 2. The van der Waals surface area contributed by atoms with E-state index in [1.54, 1.807) is 47.7 Å². The number of nitrogens with zero attached hydrogens (tertiary/aromatic N) is 3. The minimum absolute atomic E-state index is 0.0195. The van der Waals surface area contributed by atoms with E-state index in [2.05, 4.69) is 31.5 Å². The van der Waals surface area contributed by atoms with Crippen LogP contribution in [0.1, 0.15) is 50.3 Å². The molecule has 0 bridgehead atoms. The van der Waals surface area contributed by atoms with E-state index in [0.717, 1.165) is 30.2 Å². The Balaban J connectivity index is 1.21. The lowest BCUT2D eigenvalue weighted by atomic mass is 10.1. The molecule has 8 heteroatoms. The molecule has 4 aromatic rings. The molecule has 33 heavy (non-hydrogen) atoms. The van der Waals surface area contributed by atoms with Gasteiger partial charge in [0.1, 0.15) is 5.82 Å². The molecule has 1 fully saturated rings. The highest BCUT2D eigenvalue weighted by molar-refractivity contribution is 7.99. The number of nitrogens with one attached hydrogen (secondary N) is 1. The van der Waals surface area contributed by atoms with Crippen LogP contribution in [0.4, 0.5) is 5.69 Å². The summed E-state index contributed by atoms with van der Waals surface area (Å²) >= 11 is 3.16. The van der Waals surface area contributed by atoms with Gasteiger partial charge in [-0.1, -0.05) is 36.0 Å². The van der Waals surface area contributed by atoms with Crippen molar-refractivity contribution in [1.29, 1.82) is 0 Å². The van der Waals surface area contributed by atoms with Crippen LogP contribution in [0.2, 0.25) is 0 Å². The van der Waals surface area contributed by atoms with Gasteiger partial charge >= 0.3 is 0 Å². The maximum atomic E-state index is 12.8. The van der Waals surface area contributed by atoms with Crippen molar-refractivity contribution in [2.45, 2.75) is 30.5 Å². The highest BCUT2D eigenvalue weighted by atomic mass is 32.2. The van der Waals surface area contributed by atoms with Crippen LogP contribution < -0.4 is 5.32 Å². The van der Waals surface area contributed by atoms with Crippen molar-refractivity contribution in [3.63, 3.8) is 0 Å². The number of anilines is 1. The Bertz CT molecular complexity index is 1250. The third-order valence-corrected chi connectivity index (χ3v) is 7.21. The normalized spacial score (nSPS) is 13.1. The highest BCUT2D eigenvalue weighted by Gasteiger charge is 2.30. The highest BCUT2D eigenvalue weighted by Crippen LogP contribution is 2.39. The second kappa shape index (κ2) is 9.72. The number of thioether (sulfide) groups is 1. The van der Waals surface area contributed by atoms with Crippen LogP contribution in [0, 0.1) is 0 Å². The molecule has 0 unspecified atom stereocenters. The Labute approximate surface area is 200 Å². The van der Waals surface area contributed by atoms with Crippen LogP contribution in [0.15, 0.2) is 77.3 Å². The van der Waals surface area contributed by atoms with Gasteiger partial charge in [-0.15, -0.1) is 21.5 Å². The molecule has 5 rings (SSSR count). The first-order valence-electron chi connectivity index (χ1n) is 10.8. The van der Waals surface area contributed by atoms with Gasteiger partial charge in [0.15, 0.2) is 10.9 Å². The predicted octanol–water partition coefficient (Wildman–Crippen LogP) is 5.49. The quantitative estimate of drug-likeness (QED) is 0.256.